The summed E-state index contributed by atoms with van der Waals surface area (Å²) in [6.45, 7) is 2.17. The molecule has 0 atom stereocenters. The van der Waals surface area contributed by atoms with Gasteiger partial charge in [-0.15, -0.1) is 0 Å². The van der Waals surface area contributed by atoms with E-state index >= 15 is 0 Å². The first kappa shape index (κ1) is 17.5. The van der Waals surface area contributed by atoms with Crippen molar-refractivity contribution in [3.05, 3.63) is 74.2 Å². The van der Waals surface area contributed by atoms with Crippen LogP contribution in [-0.4, -0.2) is 15.9 Å². The topological polar surface area (TPSA) is 54.6 Å². The van der Waals surface area contributed by atoms with Crippen LogP contribution >= 0.6 is 11.3 Å². The Morgan fingerprint density at radius 3 is 2.70 bits per heavy atom. The van der Waals surface area contributed by atoms with Crippen molar-refractivity contribution >= 4 is 34.9 Å². The Morgan fingerprint density at radius 2 is 1.93 bits per heavy atom. The molecule has 0 bridgehead atoms. The minimum absolute atomic E-state index is 0.0309. The summed E-state index contributed by atoms with van der Waals surface area (Å²) < 4.78 is 1.36. The second-order valence-electron chi connectivity index (χ2n) is 6.54. The van der Waals surface area contributed by atoms with E-state index < -0.39 is 0 Å². The highest BCUT2D eigenvalue weighted by Gasteiger charge is 2.17. The van der Waals surface area contributed by atoms with Gasteiger partial charge in [-0.2, -0.15) is 0 Å². The number of para-hydroxylation sites is 1. The Balaban J connectivity index is 1.68. The summed E-state index contributed by atoms with van der Waals surface area (Å²) in [5.41, 5.74) is 4.72. The number of aromatic nitrogens is 1. The van der Waals surface area contributed by atoms with E-state index in [0.29, 0.717) is 10.6 Å². The number of benzene rings is 2. The van der Waals surface area contributed by atoms with Crippen LogP contribution in [0.15, 0.2) is 58.3 Å². The number of allylic oxidation sites excluding steroid dienone is 1. The molecule has 0 aliphatic carbocycles. The van der Waals surface area contributed by atoms with Gasteiger partial charge in [-0.3, -0.25) is 9.79 Å². The van der Waals surface area contributed by atoms with Gasteiger partial charge in [0.25, 0.3) is 0 Å². The third-order valence-electron chi connectivity index (χ3n) is 4.67. The molecule has 5 heteroatoms. The van der Waals surface area contributed by atoms with Gasteiger partial charge in [-0.1, -0.05) is 55.0 Å². The SMILES string of the molecule is CCCCc1ccc(-n2c(O)c(/C=C3\C=Nc4ccccc43)sc2=O)cc1. The third kappa shape index (κ3) is 3.38. The second kappa shape index (κ2) is 7.37. The lowest BCUT2D eigenvalue weighted by atomic mass is 10.1. The first-order valence-electron chi connectivity index (χ1n) is 9.06. The molecule has 0 spiro atoms. The van der Waals surface area contributed by atoms with Gasteiger partial charge in [0.15, 0.2) is 0 Å². The molecule has 4 rings (SSSR count). The molecule has 0 fully saturated rings. The first-order valence-corrected chi connectivity index (χ1v) is 9.88. The molecule has 27 heavy (non-hydrogen) atoms. The number of unbranched alkanes of at least 4 members (excludes halogenated alkanes) is 1. The van der Waals surface area contributed by atoms with Crippen LogP contribution in [0.3, 0.4) is 0 Å². The Labute approximate surface area is 161 Å². The van der Waals surface area contributed by atoms with Gasteiger partial charge in [-0.25, -0.2) is 4.57 Å². The van der Waals surface area contributed by atoms with Crippen molar-refractivity contribution in [1.29, 1.82) is 0 Å². The van der Waals surface area contributed by atoms with Gasteiger partial charge in [0.2, 0.25) is 5.88 Å². The van der Waals surface area contributed by atoms with Crippen LogP contribution in [0.5, 0.6) is 5.88 Å². The Kier molecular flexibility index (Phi) is 4.77. The fourth-order valence-corrected chi connectivity index (χ4v) is 4.03. The molecule has 136 valence electrons. The fourth-order valence-electron chi connectivity index (χ4n) is 3.19. The average molecular weight is 376 g/mol. The molecule has 1 aliphatic rings. The van der Waals surface area contributed by atoms with E-state index in [0.717, 1.165) is 47.4 Å². The minimum Gasteiger partial charge on any atom is -0.493 e. The smallest absolute Gasteiger partial charge is 0.315 e. The highest BCUT2D eigenvalue weighted by Crippen LogP contribution is 2.34. The summed E-state index contributed by atoms with van der Waals surface area (Å²) in [5.74, 6) is -0.0309. The van der Waals surface area contributed by atoms with Gasteiger partial charge < -0.3 is 5.11 Å². The molecule has 1 aromatic heterocycles. The van der Waals surface area contributed by atoms with Crippen molar-refractivity contribution in [2.45, 2.75) is 26.2 Å². The van der Waals surface area contributed by atoms with Crippen molar-refractivity contribution < 1.29 is 5.11 Å². The van der Waals surface area contributed by atoms with Gasteiger partial charge in [0.05, 0.1) is 16.3 Å². The Bertz CT molecular complexity index is 1090. The van der Waals surface area contributed by atoms with E-state index in [2.05, 4.69) is 11.9 Å². The predicted octanol–water partition coefficient (Wildman–Crippen LogP) is 5.20. The molecule has 3 aromatic rings. The standard InChI is InChI=1S/C22H20N2O2S/c1-2-3-6-15-9-11-17(12-10-15)24-21(25)20(27-22(24)26)13-16-14-23-19-8-5-4-7-18(16)19/h4-5,7-14,25H,2-3,6H2,1H3/b16-13+. The van der Waals surface area contributed by atoms with Crippen LogP contribution < -0.4 is 4.87 Å². The van der Waals surface area contributed by atoms with Crippen LogP contribution in [0, 0.1) is 0 Å². The Morgan fingerprint density at radius 1 is 1.15 bits per heavy atom. The van der Waals surface area contributed by atoms with Crippen LogP contribution in [0.2, 0.25) is 0 Å². The van der Waals surface area contributed by atoms with E-state index in [1.165, 1.54) is 10.1 Å². The number of hydrogen-bond donors (Lipinski definition) is 1. The molecule has 0 saturated heterocycles. The molecular formula is C22H20N2O2S. The number of aliphatic imine (C=N–C) groups is 1. The zero-order valence-electron chi connectivity index (χ0n) is 15.1. The lowest BCUT2D eigenvalue weighted by molar-refractivity contribution is 0.440. The van der Waals surface area contributed by atoms with E-state index in [4.69, 9.17) is 0 Å². The number of rotatable bonds is 5. The normalized spacial score (nSPS) is 14.0. The van der Waals surface area contributed by atoms with Gasteiger partial charge in [0, 0.05) is 17.4 Å². The summed E-state index contributed by atoms with van der Waals surface area (Å²) in [6.07, 6.45) is 6.90. The van der Waals surface area contributed by atoms with E-state index in [1.54, 1.807) is 6.21 Å². The zero-order valence-corrected chi connectivity index (χ0v) is 15.9. The highest BCUT2D eigenvalue weighted by atomic mass is 32.1. The average Bonchev–Trinajstić information content (AvgIpc) is 3.22. The summed E-state index contributed by atoms with van der Waals surface area (Å²) in [5, 5.41) is 10.7. The van der Waals surface area contributed by atoms with Crippen LogP contribution in [0.1, 0.15) is 35.8 Å². The summed E-state index contributed by atoms with van der Waals surface area (Å²) in [7, 11) is 0. The molecule has 0 radical (unpaired) electrons. The molecule has 2 heterocycles. The maximum atomic E-state index is 12.5. The maximum absolute atomic E-state index is 12.5. The molecule has 1 N–H and O–H groups in total. The van der Waals surface area contributed by atoms with E-state index in [1.807, 2.05) is 54.6 Å². The monoisotopic (exact) mass is 376 g/mol. The van der Waals surface area contributed by atoms with Crippen molar-refractivity contribution in [3.63, 3.8) is 0 Å². The summed E-state index contributed by atoms with van der Waals surface area (Å²) >= 11 is 1.03. The number of thiazole rings is 1. The lowest BCUT2D eigenvalue weighted by Gasteiger charge is -2.06. The van der Waals surface area contributed by atoms with Crippen LogP contribution in [0.4, 0.5) is 5.69 Å². The molecule has 0 saturated carbocycles. The molecule has 4 nitrogen and oxygen atoms in total. The van der Waals surface area contributed by atoms with E-state index in [9.17, 15) is 9.90 Å². The van der Waals surface area contributed by atoms with Crippen molar-refractivity contribution in [3.8, 4) is 11.6 Å². The van der Waals surface area contributed by atoms with Crippen LogP contribution in [-0.2, 0) is 6.42 Å². The highest BCUT2D eigenvalue weighted by molar-refractivity contribution is 7.10. The van der Waals surface area contributed by atoms with Crippen LogP contribution in [0.25, 0.3) is 17.3 Å². The minimum atomic E-state index is -0.205. The molecule has 1 aliphatic heterocycles. The number of aromatic hydroxyl groups is 1. The fraction of sp³-hybridized carbons (Fsp3) is 0.182. The quantitative estimate of drug-likeness (QED) is 0.665. The predicted molar refractivity (Wildman–Crippen MR) is 113 cm³/mol. The largest absolute Gasteiger partial charge is 0.493 e. The van der Waals surface area contributed by atoms with Gasteiger partial charge in [0.1, 0.15) is 0 Å². The zero-order chi connectivity index (χ0) is 18.8. The van der Waals surface area contributed by atoms with Gasteiger partial charge in [-0.05, 0) is 42.7 Å². The number of hydrogen-bond acceptors (Lipinski definition) is 4. The summed E-state index contributed by atoms with van der Waals surface area (Å²) in [6, 6.07) is 15.6. The molecule has 0 amide bonds. The molecular weight excluding hydrogens is 356 g/mol. The van der Waals surface area contributed by atoms with Gasteiger partial charge >= 0.3 is 4.87 Å². The number of aryl methyl sites for hydroxylation is 1. The molecule has 2 aromatic carbocycles. The number of fused-ring (bicyclic) bond motifs is 1. The summed E-state index contributed by atoms with van der Waals surface area (Å²) in [4.78, 5) is 17.2. The third-order valence-corrected chi connectivity index (χ3v) is 5.55. The Hall–Kier alpha value is -2.92. The second-order valence-corrected chi connectivity index (χ2v) is 7.53. The van der Waals surface area contributed by atoms with Crippen molar-refractivity contribution in [2.75, 3.05) is 0 Å². The lowest BCUT2D eigenvalue weighted by Crippen LogP contribution is -2.09. The van der Waals surface area contributed by atoms with Crippen molar-refractivity contribution in [2.24, 2.45) is 4.99 Å². The van der Waals surface area contributed by atoms with E-state index in [-0.39, 0.29) is 10.8 Å². The maximum Gasteiger partial charge on any atom is 0.315 e. The van der Waals surface area contributed by atoms with Crippen molar-refractivity contribution in [1.82, 2.24) is 4.57 Å². The number of nitrogens with zero attached hydrogens (tertiary/aromatic N) is 2. The molecule has 0 unspecified atom stereocenters. The first-order chi connectivity index (χ1) is 13.2.